The van der Waals surface area contributed by atoms with Crippen molar-refractivity contribution < 1.29 is 0 Å². The molecule has 0 aliphatic carbocycles. The first-order valence-electron chi connectivity index (χ1n) is 4.40. The highest BCUT2D eigenvalue weighted by Gasteiger charge is 2.02. The summed E-state index contributed by atoms with van der Waals surface area (Å²) >= 11 is 0. The van der Waals surface area contributed by atoms with Gasteiger partial charge in [-0.25, -0.2) is 0 Å². The van der Waals surface area contributed by atoms with E-state index in [2.05, 4.69) is 16.4 Å². The lowest BCUT2D eigenvalue weighted by molar-refractivity contribution is 0.674. The summed E-state index contributed by atoms with van der Waals surface area (Å²) in [6.07, 6.45) is 4.36. The molecule has 0 aromatic carbocycles. The fraction of sp³-hybridized carbons (Fsp3) is 0.400. The molecule has 0 aliphatic heterocycles. The minimum absolute atomic E-state index is 0.0835. The predicted octanol–water partition coefficient (Wildman–Crippen LogP) is 2.04. The highest BCUT2D eigenvalue weighted by atomic mass is 14.9. The van der Waals surface area contributed by atoms with Crippen LogP contribution >= 0.6 is 0 Å². The van der Waals surface area contributed by atoms with E-state index in [1.54, 1.807) is 12.4 Å². The highest BCUT2D eigenvalue weighted by molar-refractivity contribution is 5.39. The average Bonchev–Trinajstić information content (AvgIpc) is 2.21. The topological polar surface area (TPSA) is 48.7 Å². The molecular formula is C10H13N3. The third-order valence-electron chi connectivity index (χ3n) is 1.89. The van der Waals surface area contributed by atoms with Crippen LogP contribution in [0.25, 0.3) is 0 Å². The monoisotopic (exact) mass is 175 g/mol. The van der Waals surface area contributed by atoms with Crippen molar-refractivity contribution >= 4 is 5.69 Å². The molecule has 0 fully saturated rings. The van der Waals surface area contributed by atoms with Crippen LogP contribution in [0.4, 0.5) is 5.69 Å². The molecule has 0 spiro atoms. The number of nitrogens with one attached hydrogen (secondary N) is 1. The number of nitriles is 1. The van der Waals surface area contributed by atoms with Gasteiger partial charge in [0.15, 0.2) is 0 Å². The van der Waals surface area contributed by atoms with Crippen LogP contribution in [0.2, 0.25) is 0 Å². The second kappa shape index (κ2) is 5.15. The van der Waals surface area contributed by atoms with Crippen LogP contribution in [-0.4, -0.2) is 11.5 Å². The van der Waals surface area contributed by atoms with Crippen LogP contribution in [0.5, 0.6) is 0 Å². The molecule has 1 unspecified atom stereocenters. The van der Waals surface area contributed by atoms with E-state index < -0.39 is 0 Å². The van der Waals surface area contributed by atoms with Crippen molar-refractivity contribution in [1.29, 1.82) is 5.26 Å². The van der Waals surface area contributed by atoms with E-state index in [-0.39, 0.29) is 5.92 Å². The molecule has 0 amide bonds. The Bertz CT molecular complexity index is 276. The second-order valence-corrected chi connectivity index (χ2v) is 2.86. The van der Waals surface area contributed by atoms with Gasteiger partial charge in [0.1, 0.15) is 0 Å². The lowest BCUT2D eigenvalue weighted by atomic mass is 10.1. The minimum atomic E-state index is 0.0835. The summed E-state index contributed by atoms with van der Waals surface area (Å²) in [6.45, 7) is 2.71. The number of hydrogen-bond donors (Lipinski definition) is 1. The molecule has 0 radical (unpaired) electrons. The Morgan fingerprint density at radius 2 is 2.54 bits per heavy atom. The molecule has 13 heavy (non-hydrogen) atoms. The molecule has 1 N–H and O–H groups in total. The van der Waals surface area contributed by atoms with Gasteiger partial charge in [-0.3, -0.25) is 4.98 Å². The van der Waals surface area contributed by atoms with Crippen molar-refractivity contribution in [2.75, 3.05) is 11.9 Å². The average molecular weight is 175 g/mol. The molecule has 0 aliphatic rings. The third-order valence-corrected chi connectivity index (χ3v) is 1.89. The standard InChI is InChI=1S/C10H13N3/c1-2-9(6-11)7-13-10-4-3-5-12-8-10/h3-5,8-9,13H,2,7H2,1H3. The molecule has 1 aromatic heterocycles. The third kappa shape index (κ3) is 3.12. The summed E-state index contributed by atoms with van der Waals surface area (Å²) in [5.74, 6) is 0.0835. The lowest BCUT2D eigenvalue weighted by Gasteiger charge is -2.08. The normalized spacial score (nSPS) is 11.7. The molecule has 1 atom stereocenters. The fourth-order valence-electron chi connectivity index (χ4n) is 0.990. The number of nitrogens with zero attached hydrogens (tertiary/aromatic N) is 2. The summed E-state index contributed by atoms with van der Waals surface area (Å²) in [5.41, 5.74) is 0.969. The fourth-order valence-corrected chi connectivity index (χ4v) is 0.990. The summed E-state index contributed by atoms with van der Waals surface area (Å²) in [6, 6.07) is 6.05. The minimum Gasteiger partial charge on any atom is -0.382 e. The number of aromatic nitrogens is 1. The Morgan fingerprint density at radius 3 is 3.08 bits per heavy atom. The van der Waals surface area contributed by atoms with Gasteiger partial charge in [0.05, 0.1) is 17.7 Å². The van der Waals surface area contributed by atoms with Gasteiger partial charge >= 0.3 is 0 Å². The van der Waals surface area contributed by atoms with Crippen LogP contribution in [-0.2, 0) is 0 Å². The van der Waals surface area contributed by atoms with E-state index in [0.717, 1.165) is 12.1 Å². The Labute approximate surface area is 78.4 Å². The first-order valence-corrected chi connectivity index (χ1v) is 4.40. The molecule has 3 heteroatoms. The van der Waals surface area contributed by atoms with E-state index in [9.17, 15) is 0 Å². The van der Waals surface area contributed by atoms with Crippen molar-refractivity contribution in [3.05, 3.63) is 24.5 Å². The van der Waals surface area contributed by atoms with Crippen molar-refractivity contribution in [2.45, 2.75) is 13.3 Å². The zero-order valence-corrected chi connectivity index (χ0v) is 7.70. The summed E-state index contributed by atoms with van der Waals surface area (Å²) in [7, 11) is 0. The Balaban J connectivity index is 2.40. The van der Waals surface area contributed by atoms with Gasteiger partial charge in [-0.1, -0.05) is 6.92 Å². The zero-order valence-electron chi connectivity index (χ0n) is 7.70. The van der Waals surface area contributed by atoms with E-state index in [1.807, 2.05) is 19.1 Å². The van der Waals surface area contributed by atoms with Gasteiger partial charge in [-0.2, -0.15) is 5.26 Å². The van der Waals surface area contributed by atoms with Crippen molar-refractivity contribution in [2.24, 2.45) is 5.92 Å². The summed E-state index contributed by atoms with van der Waals surface area (Å²) in [5, 5.41) is 11.9. The van der Waals surface area contributed by atoms with Crippen molar-refractivity contribution in [3.8, 4) is 6.07 Å². The van der Waals surface area contributed by atoms with E-state index >= 15 is 0 Å². The highest BCUT2D eigenvalue weighted by Crippen LogP contribution is 2.06. The van der Waals surface area contributed by atoms with Crippen LogP contribution < -0.4 is 5.32 Å². The molecule has 1 aromatic rings. The van der Waals surface area contributed by atoms with Crippen molar-refractivity contribution in [1.82, 2.24) is 4.98 Å². The van der Waals surface area contributed by atoms with Crippen LogP contribution in [0.15, 0.2) is 24.5 Å². The second-order valence-electron chi connectivity index (χ2n) is 2.86. The number of rotatable bonds is 4. The molecule has 0 saturated carbocycles. The van der Waals surface area contributed by atoms with Crippen LogP contribution in [0.3, 0.4) is 0 Å². The van der Waals surface area contributed by atoms with E-state index in [0.29, 0.717) is 6.54 Å². The largest absolute Gasteiger partial charge is 0.382 e. The maximum absolute atomic E-state index is 8.70. The molecular weight excluding hydrogens is 162 g/mol. The van der Waals surface area contributed by atoms with Crippen LogP contribution in [0, 0.1) is 17.2 Å². The molecule has 68 valence electrons. The van der Waals surface area contributed by atoms with Gasteiger partial charge < -0.3 is 5.32 Å². The number of anilines is 1. The van der Waals surface area contributed by atoms with Crippen molar-refractivity contribution in [3.63, 3.8) is 0 Å². The quantitative estimate of drug-likeness (QED) is 0.761. The van der Waals surface area contributed by atoms with Gasteiger partial charge in [-0.05, 0) is 18.6 Å². The smallest absolute Gasteiger partial charge is 0.0674 e. The first kappa shape index (κ1) is 9.53. The predicted molar refractivity (Wildman–Crippen MR) is 52.1 cm³/mol. The first-order chi connectivity index (χ1) is 6.36. The molecule has 3 nitrogen and oxygen atoms in total. The number of hydrogen-bond acceptors (Lipinski definition) is 3. The molecule has 0 bridgehead atoms. The van der Waals surface area contributed by atoms with E-state index in [1.165, 1.54) is 0 Å². The Hall–Kier alpha value is -1.56. The Morgan fingerprint density at radius 1 is 1.69 bits per heavy atom. The van der Waals surface area contributed by atoms with E-state index in [4.69, 9.17) is 5.26 Å². The Kier molecular flexibility index (Phi) is 3.77. The maximum Gasteiger partial charge on any atom is 0.0674 e. The van der Waals surface area contributed by atoms with Gasteiger partial charge in [0.25, 0.3) is 0 Å². The SMILES string of the molecule is CCC(C#N)CNc1cccnc1. The molecule has 1 heterocycles. The summed E-state index contributed by atoms with van der Waals surface area (Å²) in [4.78, 5) is 3.97. The summed E-state index contributed by atoms with van der Waals surface area (Å²) < 4.78 is 0. The van der Waals surface area contributed by atoms with Gasteiger partial charge in [0, 0.05) is 18.9 Å². The van der Waals surface area contributed by atoms with Gasteiger partial charge in [0.2, 0.25) is 0 Å². The van der Waals surface area contributed by atoms with Crippen LogP contribution in [0.1, 0.15) is 13.3 Å². The zero-order chi connectivity index (χ0) is 9.52. The number of pyridine rings is 1. The van der Waals surface area contributed by atoms with Gasteiger partial charge in [-0.15, -0.1) is 0 Å². The molecule has 1 rings (SSSR count). The lowest BCUT2D eigenvalue weighted by Crippen LogP contribution is -2.11. The molecule has 0 saturated heterocycles. The maximum atomic E-state index is 8.70.